The Bertz CT molecular complexity index is 1130. The molecule has 0 unspecified atom stereocenters. The number of hydrogen-bond donors (Lipinski definition) is 1. The van der Waals surface area contributed by atoms with Gasteiger partial charge in [-0.15, -0.1) is 0 Å². The second-order valence-corrected chi connectivity index (χ2v) is 11.1. The van der Waals surface area contributed by atoms with E-state index in [-0.39, 0.29) is 36.0 Å². The standard InChI is InChI=1S/C23H28FN3O4S/c1-17-7-8-18(13-19(17)32(2,30)31)20(28)25-14-22(24)15-26(16-22)21(29)23(9-3-4-10-23)27-11-5-6-12-27/h5-8,11-13H,3-4,9-10,14-16H2,1-2H3,(H,25,28). The molecule has 0 spiro atoms. The fourth-order valence-electron chi connectivity index (χ4n) is 4.83. The molecule has 2 aromatic rings. The van der Waals surface area contributed by atoms with E-state index in [9.17, 15) is 18.0 Å². The van der Waals surface area contributed by atoms with Crippen molar-refractivity contribution in [2.75, 3.05) is 25.9 Å². The largest absolute Gasteiger partial charge is 0.349 e. The van der Waals surface area contributed by atoms with Crippen molar-refractivity contribution in [3.05, 3.63) is 53.9 Å². The van der Waals surface area contributed by atoms with Crippen LogP contribution in [0.25, 0.3) is 0 Å². The molecule has 7 nitrogen and oxygen atoms in total. The van der Waals surface area contributed by atoms with Crippen LogP contribution in [0, 0.1) is 6.92 Å². The van der Waals surface area contributed by atoms with Crippen LogP contribution in [0.5, 0.6) is 0 Å². The van der Waals surface area contributed by atoms with Crippen molar-refractivity contribution in [2.45, 2.75) is 48.7 Å². The normalized spacial score (nSPS) is 19.4. The molecule has 1 aromatic carbocycles. The maximum Gasteiger partial charge on any atom is 0.251 e. The number of amides is 2. The van der Waals surface area contributed by atoms with Gasteiger partial charge in [0.1, 0.15) is 5.54 Å². The molecule has 1 aromatic heterocycles. The van der Waals surface area contributed by atoms with Gasteiger partial charge in [-0.1, -0.05) is 18.9 Å². The predicted octanol–water partition coefficient (Wildman–Crippen LogP) is 2.45. The Hall–Kier alpha value is -2.68. The Kier molecular flexibility index (Phi) is 5.65. The van der Waals surface area contributed by atoms with Crippen LogP contribution in [0.4, 0.5) is 4.39 Å². The highest BCUT2D eigenvalue weighted by Crippen LogP contribution is 2.40. The third-order valence-electron chi connectivity index (χ3n) is 6.58. The highest BCUT2D eigenvalue weighted by Gasteiger charge is 2.53. The summed E-state index contributed by atoms with van der Waals surface area (Å²) in [6, 6.07) is 8.16. The number of carbonyl (C=O) groups is 2. The van der Waals surface area contributed by atoms with E-state index in [0.29, 0.717) is 5.56 Å². The number of hydrogen-bond acceptors (Lipinski definition) is 4. The molecule has 1 saturated carbocycles. The van der Waals surface area contributed by atoms with E-state index in [0.717, 1.165) is 31.9 Å². The monoisotopic (exact) mass is 461 g/mol. The topological polar surface area (TPSA) is 88.5 Å². The highest BCUT2D eigenvalue weighted by molar-refractivity contribution is 7.90. The van der Waals surface area contributed by atoms with Gasteiger partial charge in [0, 0.05) is 24.2 Å². The molecule has 32 heavy (non-hydrogen) atoms. The first-order valence-electron chi connectivity index (χ1n) is 10.7. The highest BCUT2D eigenvalue weighted by atomic mass is 32.2. The number of rotatable bonds is 6. The van der Waals surface area contributed by atoms with Gasteiger partial charge in [0.25, 0.3) is 5.91 Å². The molecule has 2 fully saturated rings. The van der Waals surface area contributed by atoms with Gasteiger partial charge in [-0.05, 0) is 49.6 Å². The van der Waals surface area contributed by atoms with Gasteiger partial charge in [0.15, 0.2) is 15.5 Å². The Labute approximate surface area is 187 Å². The van der Waals surface area contributed by atoms with E-state index in [1.54, 1.807) is 13.0 Å². The summed E-state index contributed by atoms with van der Waals surface area (Å²) in [6.07, 6.45) is 8.25. The molecule has 1 aliphatic carbocycles. The Morgan fingerprint density at radius 3 is 2.34 bits per heavy atom. The van der Waals surface area contributed by atoms with Crippen molar-refractivity contribution in [1.82, 2.24) is 14.8 Å². The van der Waals surface area contributed by atoms with Gasteiger partial charge < -0.3 is 14.8 Å². The predicted molar refractivity (Wildman–Crippen MR) is 118 cm³/mol. The lowest BCUT2D eigenvalue weighted by Crippen LogP contribution is -2.68. The van der Waals surface area contributed by atoms with E-state index in [1.165, 1.54) is 17.0 Å². The van der Waals surface area contributed by atoms with Gasteiger partial charge in [0.2, 0.25) is 5.91 Å². The van der Waals surface area contributed by atoms with Crippen molar-refractivity contribution in [3.8, 4) is 0 Å². The fraction of sp³-hybridized carbons (Fsp3) is 0.478. The van der Waals surface area contributed by atoms with Gasteiger partial charge in [0.05, 0.1) is 24.5 Å². The summed E-state index contributed by atoms with van der Waals surface area (Å²) in [4.78, 5) is 27.4. The number of aromatic nitrogens is 1. The SMILES string of the molecule is Cc1ccc(C(=O)NCC2(F)CN(C(=O)C3(n4cccc4)CCCC3)C2)cc1S(C)(=O)=O. The van der Waals surface area contributed by atoms with Gasteiger partial charge in [-0.25, -0.2) is 12.8 Å². The van der Waals surface area contributed by atoms with Crippen LogP contribution in [0.1, 0.15) is 41.6 Å². The summed E-state index contributed by atoms with van der Waals surface area (Å²) in [5, 5.41) is 2.55. The first-order valence-corrected chi connectivity index (χ1v) is 12.6. The quantitative estimate of drug-likeness (QED) is 0.716. The van der Waals surface area contributed by atoms with Crippen molar-refractivity contribution in [3.63, 3.8) is 0 Å². The molecule has 2 amide bonds. The van der Waals surface area contributed by atoms with Crippen molar-refractivity contribution < 1.29 is 22.4 Å². The molecule has 1 aliphatic heterocycles. The van der Waals surface area contributed by atoms with Gasteiger partial charge in [-0.2, -0.15) is 0 Å². The molecule has 0 radical (unpaired) electrons. The first kappa shape index (κ1) is 22.5. The van der Waals surface area contributed by atoms with E-state index in [1.807, 2.05) is 29.1 Å². The number of nitrogens with one attached hydrogen (secondary N) is 1. The Morgan fingerprint density at radius 2 is 1.75 bits per heavy atom. The van der Waals surface area contributed by atoms with Crippen molar-refractivity contribution in [2.24, 2.45) is 0 Å². The second-order valence-electron chi connectivity index (χ2n) is 9.08. The number of benzene rings is 1. The zero-order valence-corrected chi connectivity index (χ0v) is 19.1. The number of sulfone groups is 1. The Balaban J connectivity index is 1.38. The number of aryl methyl sites for hydroxylation is 1. The molecule has 2 heterocycles. The summed E-state index contributed by atoms with van der Waals surface area (Å²) in [5.41, 5.74) is -1.64. The minimum atomic E-state index is -3.48. The summed E-state index contributed by atoms with van der Waals surface area (Å²) < 4.78 is 40.9. The average Bonchev–Trinajstić information content (AvgIpc) is 3.41. The molecule has 4 rings (SSSR count). The fourth-order valence-corrected chi connectivity index (χ4v) is 5.83. The van der Waals surface area contributed by atoms with Crippen LogP contribution in [-0.4, -0.2) is 61.3 Å². The maximum atomic E-state index is 15.2. The lowest BCUT2D eigenvalue weighted by atomic mass is 9.89. The summed E-state index contributed by atoms with van der Waals surface area (Å²) >= 11 is 0. The lowest BCUT2D eigenvalue weighted by Gasteiger charge is -2.48. The molecular formula is C23H28FN3O4S. The number of halogens is 1. The van der Waals surface area contributed by atoms with E-state index in [2.05, 4.69) is 5.32 Å². The molecular weight excluding hydrogens is 433 g/mol. The lowest BCUT2D eigenvalue weighted by molar-refractivity contribution is -0.154. The molecule has 1 saturated heterocycles. The van der Waals surface area contributed by atoms with Crippen LogP contribution < -0.4 is 5.32 Å². The van der Waals surface area contributed by atoms with Crippen LogP contribution in [0.3, 0.4) is 0 Å². The average molecular weight is 462 g/mol. The molecule has 2 aliphatic rings. The van der Waals surface area contributed by atoms with Gasteiger partial charge in [-0.3, -0.25) is 9.59 Å². The number of carbonyl (C=O) groups excluding carboxylic acids is 2. The molecule has 0 atom stereocenters. The minimum Gasteiger partial charge on any atom is -0.349 e. The molecule has 0 bridgehead atoms. The van der Waals surface area contributed by atoms with Crippen molar-refractivity contribution in [1.29, 1.82) is 0 Å². The number of likely N-dealkylation sites (tertiary alicyclic amines) is 1. The maximum absolute atomic E-state index is 15.2. The van der Waals surface area contributed by atoms with Crippen LogP contribution in [0.2, 0.25) is 0 Å². The van der Waals surface area contributed by atoms with Crippen LogP contribution >= 0.6 is 0 Å². The number of alkyl halides is 1. The van der Waals surface area contributed by atoms with E-state index in [4.69, 9.17) is 0 Å². The third kappa shape index (κ3) is 4.05. The van der Waals surface area contributed by atoms with Crippen LogP contribution in [-0.2, 0) is 20.2 Å². The Morgan fingerprint density at radius 1 is 1.12 bits per heavy atom. The molecule has 1 N–H and O–H groups in total. The summed E-state index contributed by atoms with van der Waals surface area (Å²) in [7, 11) is -3.48. The zero-order chi connectivity index (χ0) is 23.1. The van der Waals surface area contributed by atoms with Crippen molar-refractivity contribution >= 4 is 21.7 Å². The van der Waals surface area contributed by atoms with E-state index < -0.39 is 27.0 Å². The van der Waals surface area contributed by atoms with Gasteiger partial charge >= 0.3 is 0 Å². The number of nitrogens with zero attached hydrogens (tertiary/aromatic N) is 2. The smallest absolute Gasteiger partial charge is 0.251 e. The third-order valence-corrected chi connectivity index (χ3v) is 7.82. The van der Waals surface area contributed by atoms with E-state index >= 15 is 4.39 Å². The minimum absolute atomic E-state index is 0.0675. The molecule has 172 valence electrons. The summed E-state index contributed by atoms with van der Waals surface area (Å²) in [5.74, 6) is -0.613. The van der Waals surface area contributed by atoms with Crippen LogP contribution in [0.15, 0.2) is 47.6 Å². The summed E-state index contributed by atoms with van der Waals surface area (Å²) in [6.45, 7) is 1.27. The molecule has 9 heteroatoms. The first-order chi connectivity index (χ1) is 15.0. The zero-order valence-electron chi connectivity index (χ0n) is 18.3. The second kappa shape index (κ2) is 8.03.